The van der Waals surface area contributed by atoms with E-state index in [0.29, 0.717) is 26.3 Å². The molecule has 17 heavy (non-hydrogen) atoms. The Morgan fingerprint density at radius 2 is 1.94 bits per heavy atom. The van der Waals surface area contributed by atoms with Gasteiger partial charge in [0.05, 0.1) is 25.4 Å². The van der Waals surface area contributed by atoms with Crippen molar-refractivity contribution in [2.45, 2.75) is 32.0 Å². The number of aliphatic hydroxyl groups is 1. The van der Waals surface area contributed by atoms with Gasteiger partial charge in [0, 0.05) is 33.9 Å². The minimum atomic E-state index is -0.466. The maximum Gasteiger partial charge on any atom is 0.0928 e. The molecule has 5 heteroatoms. The second-order valence-corrected chi connectivity index (χ2v) is 4.05. The summed E-state index contributed by atoms with van der Waals surface area (Å²) in [5.41, 5.74) is 0. The molecule has 0 aliphatic rings. The zero-order valence-corrected chi connectivity index (χ0v) is 11.3. The number of hydrogen-bond acceptors (Lipinski definition) is 5. The fourth-order valence-electron chi connectivity index (χ4n) is 1.33. The van der Waals surface area contributed by atoms with Crippen molar-refractivity contribution >= 4 is 0 Å². The van der Waals surface area contributed by atoms with Gasteiger partial charge in [-0.05, 0) is 6.42 Å². The Hall–Kier alpha value is -0.200. The average Bonchev–Trinajstić information content (AvgIpc) is 2.33. The predicted octanol–water partition coefficient (Wildman–Crippen LogP) is 0.415. The first kappa shape index (κ1) is 16.8. The molecule has 0 heterocycles. The van der Waals surface area contributed by atoms with E-state index in [4.69, 9.17) is 14.2 Å². The fraction of sp³-hybridized carbons (Fsp3) is 1.00. The van der Waals surface area contributed by atoms with E-state index in [9.17, 15) is 5.11 Å². The minimum absolute atomic E-state index is 0.0215. The molecule has 104 valence electrons. The molecule has 2 unspecified atom stereocenters. The quantitative estimate of drug-likeness (QED) is 0.491. The van der Waals surface area contributed by atoms with Crippen molar-refractivity contribution in [3.05, 3.63) is 0 Å². The Morgan fingerprint density at radius 1 is 1.18 bits per heavy atom. The zero-order chi connectivity index (χ0) is 12.9. The van der Waals surface area contributed by atoms with Crippen LogP contribution in [-0.2, 0) is 14.2 Å². The maximum atomic E-state index is 9.60. The third-order valence-corrected chi connectivity index (χ3v) is 2.39. The normalized spacial score (nSPS) is 14.8. The Kier molecular flexibility index (Phi) is 12.1. The molecule has 0 radical (unpaired) electrons. The van der Waals surface area contributed by atoms with Crippen LogP contribution in [0.25, 0.3) is 0 Å². The minimum Gasteiger partial charge on any atom is -0.389 e. The highest BCUT2D eigenvalue weighted by atomic mass is 16.5. The molecule has 2 N–H and O–H groups in total. The summed E-state index contributed by atoms with van der Waals surface area (Å²) in [5.74, 6) is 0. The molecule has 0 saturated carbocycles. The molecule has 0 bridgehead atoms. The lowest BCUT2D eigenvalue weighted by atomic mass is 10.3. The largest absolute Gasteiger partial charge is 0.389 e. The topological polar surface area (TPSA) is 60.0 Å². The van der Waals surface area contributed by atoms with E-state index < -0.39 is 6.10 Å². The molecule has 0 aliphatic heterocycles. The third kappa shape index (κ3) is 10.7. The molecule has 0 spiro atoms. The van der Waals surface area contributed by atoms with Crippen LogP contribution in [-0.4, -0.2) is 64.4 Å². The Balaban J connectivity index is 3.39. The molecule has 5 nitrogen and oxygen atoms in total. The third-order valence-electron chi connectivity index (χ3n) is 2.39. The highest BCUT2D eigenvalue weighted by Gasteiger charge is 2.08. The van der Waals surface area contributed by atoms with Gasteiger partial charge in [-0.2, -0.15) is 0 Å². The van der Waals surface area contributed by atoms with Gasteiger partial charge >= 0.3 is 0 Å². The first-order chi connectivity index (χ1) is 8.24. The van der Waals surface area contributed by atoms with Gasteiger partial charge < -0.3 is 24.6 Å². The van der Waals surface area contributed by atoms with Gasteiger partial charge in [0.15, 0.2) is 0 Å². The lowest BCUT2D eigenvalue weighted by Gasteiger charge is -2.17. The predicted molar refractivity (Wildman–Crippen MR) is 67.3 cm³/mol. The molecule has 0 aromatic heterocycles. The van der Waals surface area contributed by atoms with Gasteiger partial charge in [0.2, 0.25) is 0 Å². The standard InChI is InChI=1S/C12H27NO4/c1-4-5-6-17-9-11(14)7-13-8-12(16-3)10-15-2/h11-14H,4-10H2,1-3H3. The van der Waals surface area contributed by atoms with Crippen molar-refractivity contribution in [3.8, 4) is 0 Å². The number of methoxy groups -OCH3 is 2. The number of ether oxygens (including phenoxy) is 3. The lowest BCUT2D eigenvalue weighted by Crippen LogP contribution is -2.37. The SMILES string of the molecule is CCCCOCC(O)CNCC(COC)OC. The number of aliphatic hydroxyl groups excluding tert-OH is 1. The molecule has 0 saturated heterocycles. The van der Waals surface area contributed by atoms with Gasteiger partial charge in [0.25, 0.3) is 0 Å². The monoisotopic (exact) mass is 249 g/mol. The Bertz CT molecular complexity index is 157. The van der Waals surface area contributed by atoms with Crippen molar-refractivity contribution in [1.82, 2.24) is 5.32 Å². The summed E-state index contributed by atoms with van der Waals surface area (Å²) in [6, 6.07) is 0. The van der Waals surface area contributed by atoms with Crippen LogP contribution in [0.3, 0.4) is 0 Å². The van der Waals surface area contributed by atoms with E-state index in [0.717, 1.165) is 19.4 Å². The second kappa shape index (κ2) is 12.3. The van der Waals surface area contributed by atoms with Crippen molar-refractivity contribution in [1.29, 1.82) is 0 Å². The molecule has 0 fully saturated rings. The summed E-state index contributed by atoms with van der Waals surface area (Å²) >= 11 is 0. The van der Waals surface area contributed by atoms with Crippen LogP contribution in [0, 0.1) is 0 Å². The number of nitrogens with one attached hydrogen (secondary N) is 1. The van der Waals surface area contributed by atoms with Crippen molar-refractivity contribution in [3.63, 3.8) is 0 Å². The molecular weight excluding hydrogens is 222 g/mol. The van der Waals surface area contributed by atoms with E-state index in [2.05, 4.69) is 12.2 Å². The average molecular weight is 249 g/mol. The van der Waals surface area contributed by atoms with Crippen LogP contribution in [0.5, 0.6) is 0 Å². The van der Waals surface area contributed by atoms with Crippen LogP contribution in [0.15, 0.2) is 0 Å². The summed E-state index contributed by atoms with van der Waals surface area (Å²) in [5, 5.41) is 12.7. The maximum absolute atomic E-state index is 9.60. The van der Waals surface area contributed by atoms with E-state index in [1.165, 1.54) is 0 Å². The van der Waals surface area contributed by atoms with Gasteiger partial charge in [-0.25, -0.2) is 0 Å². The van der Waals surface area contributed by atoms with Crippen LogP contribution < -0.4 is 5.32 Å². The smallest absolute Gasteiger partial charge is 0.0928 e. The first-order valence-electron chi connectivity index (χ1n) is 6.22. The van der Waals surface area contributed by atoms with E-state index in [1.54, 1.807) is 14.2 Å². The molecule has 2 atom stereocenters. The van der Waals surface area contributed by atoms with Gasteiger partial charge in [-0.3, -0.25) is 0 Å². The Morgan fingerprint density at radius 3 is 2.53 bits per heavy atom. The van der Waals surface area contributed by atoms with E-state index in [1.807, 2.05) is 0 Å². The lowest BCUT2D eigenvalue weighted by molar-refractivity contribution is 0.0178. The number of rotatable bonds is 12. The van der Waals surface area contributed by atoms with Crippen molar-refractivity contribution in [2.24, 2.45) is 0 Å². The number of unbranched alkanes of at least 4 members (excludes halogenated alkanes) is 1. The Labute approximate surface area is 104 Å². The van der Waals surface area contributed by atoms with Crippen LogP contribution in [0.1, 0.15) is 19.8 Å². The van der Waals surface area contributed by atoms with Gasteiger partial charge in [-0.15, -0.1) is 0 Å². The fourth-order valence-corrected chi connectivity index (χ4v) is 1.33. The van der Waals surface area contributed by atoms with Crippen LogP contribution >= 0.6 is 0 Å². The van der Waals surface area contributed by atoms with Gasteiger partial charge in [-0.1, -0.05) is 13.3 Å². The zero-order valence-electron chi connectivity index (χ0n) is 11.3. The molecule has 0 amide bonds. The van der Waals surface area contributed by atoms with Crippen molar-refractivity contribution < 1.29 is 19.3 Å². The molecule has 0 aliphatic carbocycles. The van der Waals surface area contributed by atoms with Crippen LogP contribution in [0.2, 0.25) is 0 Å². The molecular formula is C12H27NO4. The van der Waals surface area contributed by atoms with E-state index in [-0.39, 0.29) is 6.10 Å². The summed E-state index contributed by atoms with van der Waals surface area (Å²) in [6.45, 7) is 4.94. The van der Waals surface area contributed by atoms with Gasteiger partial charge in [0.1, 0.15) is 0 Å². The van der Waals surface area contributed by atoms with Crippen LogP contribution in [0.4, 0.5) is 0 Å². The summed E-state index contributed by atoms with van der Waals surface area (Å²) in [7, 11) is 3.29. The summed E-state index contributed by atoms with van der Waals surface area (Å²) in [4.78, 5) is 0. The first-order valence-corrected chi connectivity index (χ1v) is 6.22. The second-order valence-electron chi connectivity index (χ2n) is 4.05. The summed E-state index contributed by atoms with van der Waals surface area (Å²) in [6.07, 6.45) is 1.71. The highest BCUT2D eigenvalue weighted by molar-refractivity contribution is 4.64. The molecule has 0 aromatic rings. The molecule has 0 rings (SSSR count). The summed E-state index contributed by atoms with van der Waals surface area (Å²) < 4.78 is 15.5. The van der Waals surface area contributed by atoms with E-state index >= 15 is 0 Å². The highest BCUT2D eigenvalue weighted by Crippen LogP contribution is 1.92. The molecule has 0 aromatic carbocycles. The number of hydrogen-bond donors (Lipinski definition) is 2. The van der Waals surface area contributed by atoms with Crippen molar-refractivity contribution in [2.75, 3.05) is 47.1 Å².